The summed E-state index contributed by atoms with van der Waals surface area (Å²) in [7, 11) is 0. The normalized spacial score (nSPS) is 19.0. The quantitative estimate of drug-likeness (QED) is 0.801. The number of halogens is 1. The number of urea groups is 1. The van der Waals surface area contributed by atoms with E-state index in [1.165, 1.54) is 0 Å². The lowest BCUT2D eigenvalue weighted by Crippen LogP contribution is -2.19. The molecule has 3 amide bonds. The molecule has 1 saturated carbocycles. The molecule has 0 heterocycles. The predicted octanol–water partition coefficient (Wildman–Crippen LogP) is 3.57. The fraction of sp³-hybridized carbons (Fsp3) is 0.176. The zero-order valence-corrected chi connectivity index (χ0v) is 13.0. The van der Waals surface area contributed by atoms with E-state index in [9.17, 15) is 9.59 Å². The highest BCUT2D eigenvalue weighted by molar-refractivity contribution is 6.31. The van der Waals surface area contributed by atoms with E-state index >= 15 is 0 Å². The van der Waals surface area contributed by atoms with Crippen molar-refractivity contribution in [1.82, 2.24) is 0 Å². The molecule has 0 spiro atoms. The van der Waals surface area contributed by atoms with Crippen molar-refractivity contribution < 1.29 is 9.59 Å². The lowest BCUT2D eigenvalue weighted by Gasteiger charge is -2.07. The molecule has 2 atom stereocenters. The van der Waals surface area contributed by atoms with E-state index in [-0.39, 0.29) is 17.7 Å². The zero-order chi connectivity index (χ0) is 16.4. The topological polar surface area (TPSA) is 84.2 Å². The second-order valence-electron chi connectivity index (χ2n) is 5.53. The van der Waals surface area contributed by atoms with Crippen LogP contribution < -0.4 is 16.4 Å². The molecular weight excluding hydrogens is 314 g/mol. The van der Waals surface area contributed by atoms with Crippen molar-refractivity contribution in [2.45, 2.75) is 12.3 Å². The summed E-state index contributed by atoms with van der Waals surface area (Å²) < 4.78 is 0. The van der Waals surface area contributed by atoms with E-state index in [4.69, 9.17) is 17.3 Å². The molecule has 0 aromatic heterocycles. The van der Waals surface area contributed by atoms with E-state index in [1.54, 1.807) is 24.3 Å². The Labute approximate surface area is 138 Å². The van der Waals surface area contributed by atoms with Gasteiger partial charge in [-0.2, -0.15) is 0 Å². The van der Waals surface area contributed by atoms with Gasteiger partial charge in [-0.25, -0.2) is 4.79 Å². The van der Waals surface area contributed by atoms with E-state index in [0.29, 0.717) is 16.4 Å². The molecule has 5 nitrogen and oxygen atoms in total. The Morgan fingerprint density at radius 3 is 2.22 bits per heavy atom. The van der Waals surface area contributed by atoms with Crippen molar-refractivity contribution in [1.29, 1.82) is 0 Å². The number of nitrogens with two attached hydrogens (primary N) is 1. The van der Waals surface area contributed by atoms with Crippen LogP contribution >= 0.6 is 11.6 Å². The zero-order valence-electron chi connectivity index (χ0n) is 12.3. The van der Waals surface area contributed by atoms with Gasteiger partial charge in [0.2, 0.25) is 5.91 Å². The molecule has 2 aromatic carbocycles. The fourth-order valence-corrected chi connectivity index (χ4v) is 2.89. The monoisotopic (exact) mass is 329 g/mol. The predicted molar refractivity (Wildman–Crippen MR) is 90.6 cm³/mol. The van der Waals surface area contributed by atoms with Gasteiger partial charge in [-0.3, -0.25) is 4.79 Å². The van der Waals surface area contributed by atoms with Crippen LogP contribution in [0, 0.1) is 5.92 Å². The summed E-state index contributed by atoms with van der Waals surface area (Å²) in [5.41, 5.74) is 7.32. The molecule has 1 aliphatic rings. The molecule has 0 saturated heterocycles. The van der Waals surface area contributed by atoms with E-state index in [0.717, 1.165) is 12.0 Å². The lowest BCUT2D eigenvalue weighted by atomic mass is 10.1. The smallest absolute Gasteiger partial charge is 0.316 e. The minimum atomic E-state index is -0.623. The first kappa shape index (κ1) is 15.4. The Morgan fingerprint density at radius 2 is 1.61 bits per heavy atom. The standard InChI is InChI=1S/C17H16ClN3O2/c18-15-4-2-1-3-12(15)13-9-14(13)16(22)20-10-5-7-11(8-6-10)21-17(19)23/h1-8,13-14H,9H2,(H,20,22)(H3,19,21,23). The van der Waals surface area contributed by atoms with Gasteiger partial charge in [0, 0.05) is 22.3 Å². The Kier molecular flexibility index (Phi) is 4.21. The van der Waals surface area contributed by atoms with Gasteiger partial charge < -0.3 is 16.4 Å². The molecule has 6 heteroatoms. The minimum absolute atomic E-state index is 0.0227. The van der Waals surface area contributed by atoms with Crippen LogP contribution in [0.2, 0.25) is 5.02 Å². The first-order chi connectivity index (χ1) is 11.0. The average molecular weight is 330 g/mol. The van der Waals surface area contributed by atoms with Crippen LogP contribution in [-0.4, -0.2) is 11.9 Å². The highest BCUT2D eigenvalue weighted by Crippen LogP contribution is 2.49. The van der Waals surface area contributed by atoms with Crippen molar-refractivity contribution in [2.75, 3.05) is 10.6 Å². The maximum Gasteiger partial charge on any atom is 0.316 e. The van der Waals surface area contributed by atoms with Gasteiger partial charge in [-0.1, -0.05) is 29.8 Å². The molecule has 2 aromatic rings. The summed E-state index contributed by atoms with van der Waals surface area (Å²) in [5, 5.41) is 6.05. The number of carbonyl (C=O) groups excluding carboxylic acids is 2. The minimum Gasteiger partial charge on any atom is -0.351 e. The summed E-state index contributed by atoms with van der Waals surface area (Å²) in [4.78, 5) is 23.0. The van der Waals surface area contributed by atoms with Gasteiger partial charge in [0.1, 0.15) is 0 Å². The molecular formula is C17H16ClN3O2. The van der Waals surface area contributed by atoms with Gasteiger partial charge in [0.05, 0.1) is 0 Å². The highest BCUT2D eigenvalue weighted by Gasteiger charge is 2.44. The Morgan fingerprint density at radius 1 is 1.00 bits per heavy atom. The summed E-state index contributed by atoms with van der Waals surface area (Å²) in [6.45, 7) is 0. The third-order valence-corrected chi connectivity index (χ3v) is 4.20. The van der Waals surface area contributed by atoms with Crippen molar-refractivity contribution >= 4 is 34.9 Å². The number of amides is 3. The maximum atomic E-state index is 12.3. The van der Waals surface area contributed by atoms with Crippen LogP contribution in [0.1, 0.15) is 17.9 Å². The van der Waals surface area contributed by atoms with Crippen LogP contribution in [0.3, 0.4) is 0 Å². The molecule has 23 heavy (non-hydrogen) atoms. The number of nitrogens with one attached hydrogen (secondary N) is 2. The van der Waals surface area contributed by atoms with Gasteiger partial charge in [0.25, 0.3) is 0 Å². The molecule has 2 unspecified atom stereocenters. The second kappa shape index (κ2) is 6.30. The van der Waals surface area contributed by atoms with Crippen molar-refractivity contribution in [3.63, 3.8) is 0 Å². The number of hydrogen-bond donors (Lipinski definition) is 3. The molecule has 0 radical (unpaired) electrons. The number of primary amides is 1. The van der Waals surface area contributed by atoms with Crippen LogP contribution in [0.4, 0.5) is 16.2 Å². The summed E-state index contributed by atoms with van der Waals surface area (Å²) >= 11 is 6.17. The second-order valence-corrected chi connectivity index (χ2v) is 5.93. The molecule has 0 aliphatic heterocycles. The van der Waals surface area contributed by atoms with E-state index in [1.807, 2.05) is 24.3 Å². The number of anilines is 2. The Hall–Kier alpha value is -2.53. The largest absolute Gasteiger partial charge is 0.351 e. The molecule has 1 aliphatic carbocycles. The molecule has 118 valence electrons. The first-order valence-corrected chi connectivity index (χ1v) is 7.64. The number of benzene rings is 2. The number of carbonyl (C=O) groups is 2. The third-order valence-electron chi connectivity index (χ3n) is 3.85. The van der Waals surface area contributed by atoms with Gasteiger partial charge >= 0.3 is 6.03 Å². The summed E-state index contributed by atoms with van der Waals surface area (Å²) in [5.74, 6) is 0.100. The molecule has 0 bridgehead atoms. The average Bonchev–Trinajstić information content (AvgIpc) is 3.30. The van der Waals surface area contributed by atoms with Crippen LogP contribution in [0.25, 0.3) is 0 Å². The number of rotatable bonds is 4. The molecule has 3 rings (SSSR count). The molecule has 4 N–H and O–H groups in total. The van der Waals surface area contributed by atoms with Crippen molar-refractivity contribution in [2.24, 2.45) is 11.7 Å². The maximum absolute atomic E-state index is 12.3. The summed E-state index contributed by atoms with van der Waals surface area (Å²) in [6.07, 6.45) is 0.802. The van der Waals surface area contributed by atoms with E-state index < -0.39 is 6.03 Å². The SMILES string of the molecule is NC(=O)Nc1ccc(NC(=O)C2CC2c2ccccc2Cl)cc1. The highest BCUT2D eigenvalue weighted by atomic mass is 35.5. The van der Waals surface area contributed by atoms with Gasteiger partial charge in [-0.05, 0) is 48.2 Å². The van der Waals surface area contributed by atoms with E-state index in [2.05, 4.69) is 10.6 Å². The first-order valence-electron chi connectivity index (χ1n) is 7.26. The fourth-order valence-electron chi connectivity index (χ4n) is 2.62. The van der Waals surface area contributed by atoms with Crippen molar-refractivity contribution in [3.8, 4) is 0 Å². The Balaban J connectivity index is 1.60. The summed E-state index contributed by atoms with van der Waals surface area (Å²) in [6, 6.07) is 13.8. The van der Waals surface area contributed by atoms with Crippen molar-refractivity contribution in [3.05, 3.63) is 59.1 Å². The van der Waals surface area contributed by atoms with Crippen LogP contribution in [0.15, 0.2) is 48.5 Å². The Bertz CT molecular complexity index is 746. The molecule has 1 fully saturated rings. The number of hydrogen-bond acceptors (Lipinski definition) is 2. The van der Waals surface area contributed by atoms with Crippen LogP contribution in [0.5, 0.6) is 0 Å². The lowest BCUT2D eigenvalue weighted by molar-refractivity contribution is -0.117. The van der Waals surface area contributed by atoms with Gasteiger partial charge in [0.15, 0.2) is 0 Å². The van der Waals surface area contributed by atoms with Gasteiger partial charge in [-0.15, -0.1) is 0 Å². The third kappa shape index (κ3) is 3.63. The van der Waals surface area contributed by atoms with Crippen LogP contribution in [-0.2, 0) is 4.79 Å².